The first-order chi connectivity index (χ1) is 7.84. The maximum atomic E-state index is 3.81. The van der Waals surface area contributed by atoms with Gasteiger partial charge in [0.15, 0.2) is 0 Å². The van der Waals surface area contributed by atoms with Crippen LogP contribution in [0.15, 0.2) is 0 Å². The average molecular weight is 242 g/mol. The summed E-state index contributed by atoms with van der Waals surface area (Å²) in [5.41, 5.74) is 0. The molecule has 0 saturated carbocycles. The fraction of sp³-hybridized carbons (Fsp3) is 1.00. The highest BCUT2D eigenvalue weighted by molar-refractivity contribution is 7.99. The van der Waals surface area contributed by atoms with Gasteiger partial charge in [-0.1, -0.05) is 6.42 Å². The molecular weight excluding hydrogens is 216 g/mol. The van der Waals surface area contributed by atoms with Crippen molar-refractivity contribution in [2.45, 2.75) is 63.6 Å². The number of rotatable bonds is 4. The Bertz CT molecular complexity index is 166. The van der Waals surface area contributed by atoms with Crippen molar-refractivity contribution in [1.29, 1.82) is 0 Å². The number of hydrogen-bond acceptors (Lipinski definition) is 3. The van der Waals surface area contributed by atoms with Crippen LogP contribution in [0.25, 0.3) is 0 Å². The lowest BCUT2D eigenvalue weighted by atomic mass is 9.98. The maximum Gasteiger partial charge on any atom is 0.00852 e. The van der Waals surface area contributed by atoms with Gasteiger partial charge in [-0.15, -0.1) is 0 Å². The Kier molecular flexibility index (Phi) is 5.46. The van der Waals surface area contributed by atoms with Gasteiger partial charge in [-0.05, 0) is 57.1 Å². The van der Waals surface area contributed by atoms with Crippen LogP contribution in [0.1, 0.15) is 45.4 Å². The van der Waals surface area contributed by atoms with Crippen LogP contribution in [0, 0.1) is 0 Å². The second-order valence-electron chi connectivity index (χ2n) is 5.34. The normalized spacial score (nSPS) is 30.2. The molecule has 2 N–H and O–H groups in total. The Morgan fingerprint density at radius 1 is 1.25 bits per heavy atom. The molecule has 0 aromatic rings. The molecule has 0 aliphatic carbocycles. The van der Waals surface area contributed by atoms with Gasteiger partial charge in [0.05, 0.1) is 0 Å². The molecule has 94 valence electrons. The van der Waals surface area contributed by atoms with Crippen LogP contribution in [-0.4, -0.2) is 36.2 Å². The molecule has 0 bridgehead atoms. The SMILES string of the molecule is CC(CC1CCCCN1)NC1CCSCC1. The summed E-state index contributed by atoms with van der Waals surface area (Å²) in [5, 5.41) is 7.46. The Morgan fingerprint density at radius 2 is 2.06 bits per heavy atom. The minimum Gasteiger partial charge on any atom is -0.314 e. The molecule has 2 unspecified atom stereocenters. The van der Waals surface area contributed by atoms with Gasteiger partial charge in [-0.25, -0.2) is 0 Å². The van der Waals surface area contributed by atoms with Crippen LogP contribution in [-0.2, 0) is 0 Å². The highest BCUT2D eigenvalue weighted by Gasteiger charge is 2.19. The summed E-state index contributed by atoms with van der Waals surface area (Å²) in [6, 6.07) is 2.25. The molecule has 0 amide bonds. The van der Waals surface area contributed by atoms with E-state index in [2.05, 4.69) is 29.3 Å². The predicted octanol–water partition coefficient (Wildman–Crippen LogP) is 2.39. The molecule has 2 heterocycles. The van der Waals surface area contributed by atoms with Gasteiger partial charge in [0.1, 0.15) is 0 Å². The van der Waals surface area contributed by atoms with Crippen LogP contribution in [0.2, 0.25) is 0 Å². The summed E-state index contributed by atoms with van der Waals surface area (Å²) in [7, 11) is 0. The molecule has 2 saturated heterocycles. The monoisotopic (exact) mass is 242 g/mol. The van der Waals surface area contributed by atoms with E-state index in [1.165, 1.54) is 56.6 Å². The summed E-state index contributed by atoms with van der Waals surface area (Å²) >= 11 is 2.11. The molecule has 0 aromatic heterocycles. The lowest BCUT2D eigenvalue weighted by molar-refractivity contribution is 0.323. The molecule has 2 aliphatic rings. The van der Waals surface area contributed by atoms with Crippen molar-refractivity contribution >= 4 is 11.8 Å². The summed E-state index contributed by atoms with van der Waals surface area (Å²) in [6.07, 6.45) is 8.22. The molecule has 3 heteroatoms. The largest absolute Gasteiger partial charge is 0.314 e. The smallest absolute Gasteiger partial charge is 0.00852 e. The summed E-state index contributed by atoms with van der Waals surface area (Å²) in [5.74, 6) is 2.71. The Balaban J connectivity index is 1.64. The van der Waals surface area contributed by atoms with Gasteiger partial charge < -0.3 is 10.6 Å². The van der Waals surface area contributed by atoms with Crippen molar-refractivity contribution in [2.24, 2.45) is 0 Å². The van der Waals surface area contributed by atoms with E-state index in [9.17, 15) is 0 Å². The van der Waals surface area contributed by atoms with Crippen molar-refractivity contribution < 1.29 is 0 Å². The van der Waals surface area contributed by atoms with Gasteiger partial charge in [0.2, 0.25) is 0 Å². The highest BCUT2D eigenvalue weighted by Crippen LogP contribution is 2.18. The van der Waals surface area contributed by atoms with Gasteiger partial charge in [-0.2, -0.15) is 11.8 Å². The van der Waals surface area contributed by atoms with Crippen LogP contribution in [0.4, 0.5) is 0 Å². The zero-order valence-corrected chi connectivity index (χ0v) is 11.3. The summed E-state index contributed by atoms with van der Waals surface area (Å²) in [6.45, 7) is 3.59. The third-order valence-electron chi connectivity index (χ3n) is 3.79. The second kappa shape index (κ2) is 6.87. The van der Waals surface area contributed by atoms with E-state index < -0.39 is 0 Å². The third-order valence-corrected chi connectivity index (χ3v) is 4.84. The average Bonchev–Trinajstić information content (AvgIpc) is 2.31. The van der Waals surface area contributed by atoms with Gasteiger partial charge in [0.25, 0.3) is 0 Å². The number of hydrogen-bond donors (Lipinski definition) is 2. The number of thioether (sulfide) groups is 1. The maximum absolute atomic E-state index is 3.81. The fourth-order valence-electron chi connectivity index (χ4n) is 2.89. The topological polar surface area (TPSA) is 24.1 Å². The molecule has 0 spiro atoms. The fourth-order valence-corrected chi connectivity index (χ4v) is 3.99. The molecular formula is C13H26N2S. The molecule has 2 aliphatic heterocycles. The van der Waals surface area contributed by atoms with Crippen molar-refractivity contribution in [3.63, 3.8) is 0 Å². The number of nitrogens with one attached hydrogen (secondary N) is 2. The minimum atomic E-state index is 0.684. The standard InChI is InChI=1S/C13H26N2S/c1-11(10-13-4-2-3-7-14-13)15-12-5-8-16-9-6-12/h11-15H,2-10H2,1H3. The van der Waals surface area contributed by atoms with Crippen molar-refractivity contribution in [1.82, 2.24) is 10.6 Å². The first-order valence-electron chi connectivity index (χ1n) is 6.92. The molecule has 2 atom stereocenters. The van der Waals surface area contributed by atoms with E-state index in [1.807, 2.05) is 0 Å². The van der Waals surface area contributed by atoms with Crippen LogP contribution in [0.3, 0.4) is 0 Å². The van der Waals surface area contributed by atoms with Gasteiger partial charge in [-0.3, -0.25) is 0 Å². The van der Waals surface area contributed by atoms with Crippen molar-refractivity contribution in [2.75, 3.05) is 18.1 Å². The van der Waals surface area contributed by atoms with E-state index in [0.29, 0.717) is 6.04 Å². The molecule has 16 heavy (non-hydrogen) atoms. The minimum absolute atomic E-state index is 0.684. The molecule has 0 radical (unpaired) electrons. The van der Waals surface area contributed by atoms with Crippen molar-refractivity contribution in [3.05, 3.63) is 0 Å². The first kappa shape index (κ1) is 12.7. The van der Waals surface area contributed by atoms with Crippen LogP contribution in [0.5, 0.6) is 0 Å². The first-order valence-corrected chi connectivity index (χ1v) is 8.07. The van der Waals surface area contributed by atoms with Gasteiger partial charge >= 0.3 is 0 Å². The molecule has 2 rings (SSSR count). The molecule has 2 nitrogen and oxygen atoms in total. The van der Waals surface area contributed by atoms with E-state index in [0.717, 1.165) is 12.1 Å². The van der Waals surface area contributed by atoms with Crippen molar-refractivity contribution in [3.8, 4) is 0 Å². The molecule has 2 fully saturated rings. The number of piperidine rings is 1. The van der Waals surface area contributed by atoms with Gasteiger partial charge in [0, 0.05) is 18.1 Å². The van der Waals surface area contributed by atoms with E-state index >= 15 is 0 Å². The zero-order chi connectivity index (χ0) is 11.2. The van der Waals surface area contributed by atoms with E-state index in [1.54, 1.807) is 0 Å². The summed E-state index contributed by atoms with van der Waals surface area (Å²) in [4.78, 5) is 0. The van der Waals surface area contributed by atoms with Crippen LogP contribution >= 0.6 is 11.8 Å². The van der Waals surface area contributed by atoms with E-state index in [4.69, 9.17) is 0 Å². The highest BCUT2D eigenvalue weighted by atomic mass is 32.2. The summed E-state index contributed by atoms with van der Waals surface area (Å²) < 4.78 is 0. The van der Waals surface area contributed by atoms with Crippen LogP contribution < -0.4 is 10.6 Å². The second-order valence-corrected chi connectivity index (χ2v) is 6.56. The third kappa shape index (κ3) is 4.27. The Hall–Kier alpha value is 0.270. The molecule has 0 aromatic carbocycles. The lowest BCUT2D eigenvalue weighted by Crippen LogP contribution is -2.44. The Labute approximate surface area is 104 Å². The quantitative estimate of drug-likeness (QED) is 0.791. The zero-order valence-electron chi connectivity index (χ0n) is 10.5. The Morgan fingerprint density at radius 3 is 2.75 bits per heavy atom. The predicted molar refractivity (Wildman–Crippen MR) is 73.2 cm³/mol. The van der Waals surface area contributed by atoms with E-state index in [-0.39, 0.29) is 0 Å². The lowest BCUT2D eigenvalue weighted by Gasteiger charge is -2.30.